The van der Waals surface area contributed by atoms with Gasteiger partial charge in [-0.2, -0.15) is 0 Å². The van der Waals surface area contributed by atoms with Crippen molar-refractivity contribution in [1.29, 1.82) is 0 Å². The van der Waals surface area contributed by atoms with E-state index in [1.807, 2.05) is 0 Å². The van der Waals surface area contributed by atoms with Crippen LogP contribution in [0.15, 0.2) is 42.5 Å². The van der Waals surface area contributed by atoms with Gasteiger partial charge in [0, 0.05) is 23.4 Å². The van der Waals surface area contributed by atoms with E-state index in [2.05, 4.69) is 11.2 Å². The van der Waals surface area contributed by atoms with E-state index in [9.17, 15) is 8.78 Å². The summed E-state index contributed by atoms with van der Waals surface area (Å²) < 4.78 is 26.8. The monoisotopic (exact) mass is 243 g/mol. The Morgan fingerprint density at radius 1 is 1.06 bits per heavy atom. The fourth-order valence-corrected chi connectivity index (χ4v) is 1.61. The molecule has 2 aromatic carbocycles. The Kier molecular flexibility index (Phi) is 3.59. The number of benzene rings is 2. The minimum absolute atomic E-state index is 0.0172. The maximum atomic E-state index is 13.4. The van der Waals surface area contributed by atoms with E-state index < -0.39 is 11.6 Å². The van der Waals surface area contributed by atoms with Gasteiger partial charge in [-0.3, -0.25) is 0 Å². The van der Waals surface area contributed by atoms with Gasteiger partial charge >= 0.3 is 0 Å². The maximum absolute atomic E-state index is 13.4. The van der Waals surface area contributed by atoms with Crippen LogP contribution in [0.1, 0.15) is 11.1 Å². The molecule has 0 aromatic heterocycles. The van der Waals surface area contributed by atoms with Crippen molar-refractivity contribution in [3.05, 3.63) is 65.2 Å². The highest BCUT2D eigenvalue weighted by atomic mass is 19.1. The van der Waals surface area contributed by atoms with Gasteiger partial charge in [0.25, 0.3) is 0 Å². The fourth-order valence-electron chi connectivity index (χ4n) is 1.61. The second kappa shape index (κ2) is 5.33. The zero-order chi connectivity index (χ0) is 13.0. The molecule has 0 bridgehead atoms. The van der Waals surface area contributed by atoms with Crippen LogP contribution in [0, 0.1) is 24.0 Å². The Hall–Kier alpha value is -2.34. The van der Waals surface area contributed by atoms with Crippen LogP contribution in [0.2, 0.25) is 0 Å². The van der Waals surface area contributed by atoms with E-state index >= 15 is 0 Å². The maximum Gasteiger partial charge on any atom is 0.131 e. The molecular formula is C15H11F2N. The van der Waals surface area contributed by atoms with Crippen molar-refractivity contribution in [3.8, 4) is 12.3 Å². The molecule has 0 heterocycles. The normalized spacial score (nSPS) is 9.83. The number of hydrogen-bond donors (Lipinski definition) is 1. The molecule has 2 aromatic rings. The van der Waals surface area contributed by atoms with Gasteiger partial charge in [0.2, 0.25) is 0 Å². The third-order valence-corrected chi connectivity index (χ3v) is 2.56. The van der Waals surface area contributed by atoms with E-state index in [-0.39, 0.29) is 12.1 Å². The van der Waals surface area contributed by atoms with Crippen molar-refractivity contribution in [2.75, 3.05) is 5.32 Å². The summed E-state index contributed by atoms with van der Waals surface area (Å²) in [5.74, 6) is 1.38. The van der Waals surface area contributed by atoms with Crippen LogP contribution in [0.5, 0.6) is 0 Å². The number of terminal acetylenes is 1. The molecule has 0 unspecified atom stereocenters. The van der Waals surface area contributed by atoms with Gasteiger partial charge in [0.15, 0.2) is 0 Å². The van der Waals surface area contributed by atoms with E-state index in [1.165, 1.54) is 18.2 Å². The number of anilines is 1. The topological polar surface area (TPSA) is 12.0 Å². The van der Waals surface area contributed by atoms with E-state index in [1.54, 1.807) is 24.3 Å². The molecule has 2 rings (SSSR count). The standard InChI is InChI=1S/C15H11F2N/c1-2-11-5-3-6-12(9-11)18-10-13-14(16)7-4-8-15(13)17/h1,3-9,18H,10H2. The third kappa shape index (κ3) is 2.67. The second-order valence-corrected chi connectivity index (χ2v) is 3.78. The van der Waals surface area contributed by atoms with Crippen LogP contribution in [0.25, 0.3) is 0 Å². The van der Waals surface area contributed by atoms with Crippen LogP contribution in [0.3, 0.4) is 0 Å². The van der Waals surface area contributed by atoms with E-state index in [4.69, 9.17) is 6.42 Å². The Morgan fingerprint density at radius 2 is 1.72 bits per heavy atom. The average Bonchev–Trinajstić information content (AvgIpc) is 2.38. The molecule has 0 fully saturated rings. The molecule has 18 heavy (non-hydrogen) atoms. The van der Waals surface area contributed by atoms with Crippen molar-refractivity contribution in [2.45, 2.75) is 6.54 Å². The summed E-state index contributed by atoms with van der Waals surface area (Å²) >= 11 is 0. The first-order valence-corrected chi connectivity index (χ1v) is 5.44. The summed E-state index contributed by atoms with van der Waals surface area (Å²) in [6.07, 6.45) is 5.28. The summed E-state index contributed by atoms with van der Waals surface area (Å²) in [6.45, 7) is 0.0759. The lowest BCUT2D eigenvalue weighted by atomic mass is 10.1. The van der Waals surface area contributed by atoms with Crippen molar-refractivity contribution >= 4 is 5.69 Å². The number of nitrogens with one attached hydrogen (secondary N) is 1. The molecule has 90 valence electrons. The molecule has 1 nitrogen and oxygen atoms in total. The first kappa shape index (κ1) is 12.1. The molecule has 0 saturated heterocycles. The largest absolute Gasteiger partial charge is 0.381 e. The average molecular weight is 243 g/mol. The lowest BCUT2D eigenvalue weighted by Crippen LogP contribution is -2.04. The zero-order valence-corrected chi connectivity index (χ0v) is 9.58. The van der Waals surface area contributed by atoms with E-state index in [0.717, 1.165) is 5.69 Å². The Morgan fingerprint density at radius 3 is 2.39 bits per heavy atom. The number of rotatable bonds is 3. The van der Waals surface area contributed by atoms with Gasteiger partial charge in [-0.25, -0.2) is 8.78 Å². The van der Waals surface area contributed by atoms with Crippen LogP contribution in [-0.4, -0.2) is 0 Å². The quantitative estimate of drug-likeness (QED) is 0.813. The highest BCUT2D eigenvalue weighted by Crippen LogP contribution is 2.15. The van der Waals surface area contributed by atoms with Crippen LogP contribution >= 0.6 is 0 Å². The SMILES string of the molecule is C#Cc1cccc(NCc2c(F)cccc2F)c1. The second-order valence-electron chi connectivity index (χ2n) is 3.78. The van der Waals surface area contributed by atoms with Crippen molar-refractivity contribution in [2.24, 2.45) is 0 Å². The van der Waals surface area contributed by atoms with Crippen LogP contribution in [-0.2, 0) is 6.54 Å². The van der Waals surface area contributed by atoms with Crippen LogP contribution in [0.4, 0.5) is 14.5 Å². The van der Waals surface area contributed by atoms with Gasteiger partial charge in [-0.15, -0.1) is 6.42 Å². The molecule has 0 saturated carbocycles. The van der Waals surface area contributed by atoms with Crippen molar-refractivity contribution < 1.29 is 8.78 Å². The summed E-state index contributed by atoms with van der Waals surface area (Å²) in [5, 5.41) is 2.94. The molecule has 3 heteroatoms. The highest BCUT2D eigenvalue weighted by molar-refractivity contribution is 5.50. The molecule has 1 N–H and O–H groups in total. The van der Waals surface area contributed by atoms with Gasteiger partial charge < -0.3 is 5.32 Å². The lowest BCUT2D eigenvalue weighted by molar-refractivity contribution is 0.560. The summed E-state index contributed by atoms with van der Waals surface area (Å²) in [4.78, 5) is 0. The van der Waals surface area contributed by atoms with Crippen molar-refractivity contribution in [1.82, 2.24) is 0 Å². The number of hydrogen-bond acceptors (Lipinski definition) is 1. The molecule has 0 aliphatic heterocycles. The van der Waals surface area contributed by atoms with Gasteiger partial charge in [-0.1, -0.05) is 18.1 Å². The molecule has 0 atom stereocenters. The molecule has 0 aliphatic rings. The lowest BCUT2D eigenvalue weighted by Gasteiger charge is -2.08. The Balaban J connectivity index is 2.14. The molecule has 0 amide bonds. The smallest absolute Gasteiger partial charge is 0.131 e. The van der Waals surface area contributed by atoms with Gasteiger partial charge in [-0.05, 0) is 30.3 Å². The highest BCUT2D eigenvalue weighted by Gasteiger charge is 2.07. The fraction of sp³-hybridized carbons (Fsp3) is 0.0667. The molecule has 0 aliphatic carbocycles. The molecule has 0 spiro atoms. The van der Waals surface area contributed by atoms with Crippen LogP contribution < -0.4 is 5.32 Å². The zero-order valence-electron chi connectivity index (χ0n) is 9.58. The van der Waals surface area contributed by atoms with Gasteiger partial charge in [0.1, 0.15) is 11.6 Å². The van der Waals surface area contributed by atoms with Gasteiger partial charge in [0.05, 0.1) is 0 Å². The summed E-state index contributed by atoms with van der Waals surface area (Å²) in [6, 6.07) is 10.9. The molecule has 0 radical (unpaired) electrons. The minimum atomic E-state index is -0.560. The predicted molar refractivity (Wildman–Crippen MR) is 68.1 cm³/mol. The molecular weight excluding hydrogens is 232 g/mol. The third-order valence-electron chi connectivity index (χ3n) is 2.56. The predicted octanol–water partition coefficient (Wildman–Crippen LogP) is 3.56. The first-order chi connectivity index (χ1) is 8.70. The summed E-state index contributed by atoms with van der Waals surface area (Å²) in [7, 11) is 0. The Labute approximate surface area is 104 Å². The van der Waals surface area contributed by atoms with E-state index in [0.29, 0.717) is 5.56 Å². The number of halogens is 2. The first-order valence-electron chi connectivity index (χ1n) is 5.44. The van der Waals surface area contributed by atoms with Crippen molar-refractivity contribution in [3.63, 3.8) is 0 Å². The summed E-state index contributed by atoms with van der Waals surface area (Å²) in [5.41, 5.74) is 1.46. The minimum Gasteiger partial charge on any atom is -0.381 e. The Bertz CT molecular complexity index is 579.